The lowest BCUT2D eigenvalue weighted by Crippen LogP contribution is -1.87. The minimum atomic E-state index is 0.919. The summed E-state index contributed by atoms with van der Waals surface area (Å²) in [6.45, 7) is 4.24. The summed E-state index contributed by atoms with van der Waals surface area (Å²) in [7, 11) is 1.92. The maximum absolute atomic E-state index is 4.66. The van der Waals surface area contributed by atoms with E-state index >= 15 is 0 Å². The van der Waals surface area contributed by atoms with Gasteiger partial charge in [0.15, 0.2) is 0 Å². The number of nitrogens with one attached hydrogen (secondary N) is 2. The van der Waals surface area contributed by atoms with E-state index in [4.69, 9.17) is 0 Å². The number of anilines is 1. The van der Waals surface area contributed by atoms with Crippen molar-refractivity contribution in [1.29, 1.82) is 0 Å². The van der Waals surface area contributed by atoms with Crippen molar-refractivity contribution in [2.24, 2.45) is 0 Å². The molecular formula is C16H17N3. The normalized spacial score (nSPS) is 10.9. The Balaban J connectivity index is 2.09. The van der Waals surface area contributed by atoms with Crippen LogP contribution < -0.4 is 5.32 Å². The van der Waals surface area contributed by atoms with E-state index in [2.05, 4.69) is 65.5 Å². The first kappa shape index (κ1) is 11.8. The van der Waals surface area contributed by atoms with Crippen LogP contribution in [0.3, 0.4) is 0 Å². The lowest BCUT2D eigenvalue weighted by atomic mass is 10.1. The van der Waals surface area contributed by atoms with Crippen LogP contribution in [0, 0.1) is 13.8 Å². The first-order chi connectivity index (χ1) is 9.17. The van der Waals surface area contributed by atoms with Crippen molar-refractivity contribution >= 4 is 16.7 Å². The molecule has 0 spiro atoms. The highest BCUT2D eigenvalue weighted by Crippen LogP contribution is 2.23. The minimum Gasteiger partial charge on any atom is -0.388 e. The van der Waals surface area contributed by atoms with Gasteiger partial charge in [-0.05, 0) is 61.4 Å². The number of fused-ring (bicyclic) bond motifs is 1. The van der Waals surface area contributed by atoms with E-state index in [0.717, 1.165) is 28.1 Å². The van der Waals surface area contributed by atoms with Gasteiger partial charge < -0.3 is 10.3 Å². The lowest BCUT2D eigenvalue weighted by Gasteiger charge is -2.00. The molecule has 1 heterocycles. The van der Waals surface area contributed by atoms with Gasteiger partial charge in [-0.2, -0.15) is 0 Å². The number of hydrogen-bond acceptors (Lipinski definition) is 2. The van der Waals surface area contributed by atoms with Gasteiger partial charge in [0, 0.05) is 18.3 Å². The van der Waals surface area contributed by atoms with Crippen molar-refractivity contribution in [2.45, 2.75) is 13.8 Å². The van der Waals surface area contributed by atoms with Gasteiger partial charge in [0.2, 0.25) is 0 Å². The number of aromatic nitrogens is 2. The Morgan fingerprint density at radius 1 is 1.00 bits per heavy atom. The maximum atomic E-state index is 4.66. The molecule has 0 saturated carbocycles. The first-order valence-corrected chi connectivity index (χ1v) is 6.42. The Bertz CT molecular complexity index is 685. The first-order valence-electron chi connectivity index (χ1n) is 6.42. The predicted octanol–water partition coefficient (Wildman–Crippen LogP) is 3.89. The fourth-order valence-electron chi connectivity index (χ4n) is 2.20. The van der Waals surface area contributed by atoms with Gasteiger partial charge >= 0.3 is 0 Å². The number of nitrogens with zero attached hydrogens (tertiary/aromatic N) is 1. The van der Waals surface area contributed by atoms with Crippen LogP contribution in [0.4, 0.5) is 5.69 Å². The number of H-pyrrole nitrogens is 1. The number of rotatable bonds is 2. The van der Waals surface area contributed by atoms with Gasteiger partial charge in [-0.1, -0.05) is 0 Å². The SMILES string of the molecule is CNc1ccc(-c2nc3cc(C)c(C)cc3[nH]2)cc1. The molecule has 0 fully saturated rings. The quantitative estimate of drug-likeness (QED) is 0.725. The Labute approximate surface area is 112 Å². The summed E-state index contributed by atoms with van der Waals surface area (Å²) >= 11 is 0. The molecule has 3 nitrogen and oxygen atoms in total. The Hall–Kier alpha value is -2.29. The van der Waals surface area contributed by atoms with Crippen molar-refractivity contribution in [2.75, 3.05) is 12.4 Å². The summed E-state index contributed by atoms with van der Waals surface area (Å²) in [5.41, 5.74) is 6.88. The van der Waals surface area contributed by atoms with Gasteiger partial charge in [0.25, 0.3) is 0 Å². The average Bonchev–Trinajstić information content (AvgIpc) is 2.82. The molecule has 0 aliphatic carbocycles. The number of imidazole rings is 1. The van der Waals surface area contributed by atoms with Crippen molar-refractivity contribution in [3.63, 3.8) is 0 Å². The van der Waals surface area contributed by atoms with Gasteiger partial charge in [0.1, 0.15) is 5.82 Å². The van der Waals surface area contributed by atoms with Gasteiger partial charge in [-0.25, -0.2) is 4.98 Å². The predicted molar refractivity (Wildman–Crippen MR) is 80.6 cm³/mol. The summed E-state index contributed by atoms with van der Waals surface area (Å²) in [5.74, 6) is 0.919. The zero-order valence-corrected chi connectivity index (χ0v) is 11.4. The summed E-state index contributed by atoms with van der Waals surface area (Å²) in [6.07, 6.45) is 0. The van der Waals surface area contributed by atoms with Crippen LogP contribution in [0.1, 0.15) is 11.1 Å². The topological polar surface area (TPSA) is 40.7 Å². The molecule has 0 aliphatic rings. The molecule has 3 aromatic rings. The van der Waals surface area contributed by atoms with E-state index in [1.54, 1.807) is 0 Å². The van der Waals surface area contributed by atoms with Crippen LogP contribution >= 0.6 is 0 Å². The van der Waals surface area contributed by atoms with Crippen molar-refractivity contribution in [3.05, 3.63) is 47.5 Å². The monoisotopic (exact) mass is 251 g/mol. The fourth-order valence-corrected chi connectivity index (χ4v) is 2.20. The Morgan fingerprint density at radius 2 is 1.68 bits per heavy atom. The second-order valence-electron chi connectivity index (χ2n) is 4.87. The van der Waals surface area contributed by atoms with Crippen LogP contribution in [0.15, 0.2) is 36.4 Å². The van der Waals surface area contributed by atoms with Crippen molar-refractivity contribution in [3.8, 4) is 11.4 Å². The summed E-state index contributed by atoms with van der Waals surface area (Å²) < 4.78 is 0. The second-order valence-corrected chi connectivity index (χ2v) is 4.87. The summed E-state index contributed by atoms with van der Waals surface area (Å²) in [4.78, 5) is 8.05. The van der Waals surface area contributed by atoms with E-state index in [0.29, 0.717) is 0 Å². The molecule has 2 N–H and O–H groups in total. The molecule has 0 amide bonds. The molecule has 0 radical (unpaired) electrons. The van der Waals surface area contributed by atoms with Crippen molar-refractivity contribution in [1.82, 2.24) is 9.97 Å². The second kappa shape index (κ2) is 4.43. The highest BCUT2D eigenvalue weighted by Gasteiger charge is 2.06. The van der Waals surface area contributed by atoms with Gasteiger partial charge in [-0.3, -0.25) is 0 Å². The van der Waals surface area contributed by atoms with Crippen molar-refractivity contribution < 1.29 is 0 Å². The number of aryl methyl sites for hydroxylation is 2. The lowest BCUT2D eigenvalue weighted by molar-refractivity contribution is 1.33. The molecule has 0 unspecified atom stereocenters. The van der Waals surface area contributed by atoms with E-state index < -0.39 is 0 Å². The van der Waals surface area contributed by atoms with Gasteiger partial charge in [0.05, 0.1) is 11.0 Å². The molecule has 0 bridgehead atoms. The zero-order valence-electron chi connectivity index (χ0n) is 11.4. The molecular weight excluding hydrogens is 234 g/mol. The van der Waals surface area contributed by atoms with E-state index in [-0.39, 0.29) is 0 Å². The number of benzene rings is 2. The Kier molecular flexibility index (Phi) is 2.75. The molecule has 0 atom stereocenters. The third kappa shape index (κ3) is 2.08. The van der Waals surface area contributed by atoms with Crippen LogP contribution in [0.2, 0.25) is 0 Å². The molecule has 0 saturated heterocycles. The standard InChI is InChI=1S/C16H17N3/c1-10-8-14-15(9-11(10)2)19-16(18-14)12-4-6-13(17-3)7-5-12/h4-9,17H,1-3H3,(H,18,19). The largest absolute Gasteiger partial charge is 0.388 e. The summed E-state index contributed by atoms with van der Waals surface area (Å²) in [5, 5.41) is 3.12. The van der Waals surface area contributed by atoms with Crippen LogP contribution in [-0.4, -0.2) is 17.0 Å². The van der Waals surface area contributed by atoms with Gasteiger partial charge in [-0.15, -0.1) is 0 Å². The van der Waals surface area contributed by atoms with E-state index in [1.807, 2.05) is 7.05 Å². The van der Waals surface area contributed by atoms with Crippen LogP contribution in [-0.2, 0) is 0 Å². The molecule has 96 valence electrons. The number of hydrogen-bond donors (Lipinski definition) is 2. The van der Waals surface area contributed by atoms with E-state index in [9.17, 15) is 0 Å². The third-order valence-corrected chi connectivity index (χ3v) is 3.54. The molecule has 3 rings (SSSR count). The average molecular weight is 251 g/mol. The maximum Gasteiger partial charge on any atom is 0.138 e. The Morgan fingerprint density at radius 3 is 2.37 bits per heavy atom. The minimum absolute atomic E-state index is 0.919. The smallest absolute Gasteiger partial charge is 0.138 e. The molecule has 2 aromatic carbocycles. The zero-order chi connectivity index (χ0) is 13.4. The molecule has 19 heavy (non-hydrogen) atoms. The third-order valence-electron chi connectivity index (χ3n) is 3.54. The summed E-state index contributed by atoms with van der Waals surface area (Å²) in [6, 6.07) is 12.5. The molecule has 1 aromatic heterocycles. The van der Waals surface area contributed by atoms with E-state index in [1.165, 1.54) is 11.1 Å². The number of aromatic amines is 1. The fraction of sp³-hybridized carbons (Fsp3) is 0.188. The van der Waals surface area contributed by atoms with Crippen LogP contribution in [0.5, 0.6) is 0 Å². The molecule has 3 heteroatoms. The highest BCUT2D eigenvalue weighted by molar-refractivity contribution is 5.81. The van der Waals surface area contributed by atoms with Crippen LogP contribution in [0.25, 0.3) is 22.4 Å². The highest BCUT2D eigenvalue weighted by atomic mass is 14.9. The molecule has 0 aliphatic heterocycles.